The Bertz CT molecular complexity index is 926. The lowest BCUT2D eigenvalue weighted by molar-refractivity contribution is -0.117. The molecular formula is C20H22N6O2. The number of carbonyl (C=O) groups is 1. The van der Waals surface area contributed by atoms with Gasteiger partial charge in [0.1, 0.15) is 12.1 Å². The number of nitrogens with zero attached hydrogens (tertiary/aromatic N) is 5. The van der Waals surface area contributed by atoms with Crippen LogP contribution in [-0.4, -0.2) is 51.2 Å². The van der Waals surface area contributed by atoms with E-state index in [0.29, 0.717) is 6.54 Å². The van der Waals surface area contributed by atoms with Gasteiger partial charge in [-0.3, -0.25) is 9.69 Å². The average Bonchev–Trinajstić information content (AvgIpc) is 3.41. The normalized spacial score (nSPS) is 16.8. The van der Waals surface area contributed by atoms with E-state index in [9.17, 15) is 4.79 Å². The first-order chi connectivity index (χ1) is 13.7. The maximum Gasteiger partial charge on any atom is 0.238 e. The summed E-state index contributed by atoms with van der Waals surface area (Å²) in [7, 11) is 1.68. The minimum absolute atomic E-state index is 0.0306. The highest BCUT2D eigenvalue weighted by atomic mass is 16.5. The minimum atomic E-state index is -0.0306. The molecule has 0 spiro atoms. The molecule has 0 aliphatic carbocycles. The highest BCUT2D eigenvalue weighted by Crippen LogP contribution is 2.36. The van der Waals surface area contributed by atoms with E-state index in [4.69, 9.17) is 4.74 Å². The summed E-state index contributed by atoms with van der Waals surface area (Å²) in [5, 5.41) is 14.1. The molecular weight excluding hydrogens is 356 g/mol. The van der Waals surface area contributed by atoms with Gasteiger partial charge in [0, 0.05) is 17.3 Å². The van der Waals surface area contributed by atoms with Gasteiger partial charge in [-0.05, 0) is 60.1 Å². The van der Waals surface area contributed by atoms with Gasteiger partial charge in [-0.15, -0.1) is 5.10 Å². The summed E-state index contributed by atoms with van der Waals surface area (Å²) in [6.45, 7) is 1.24. The SMILES string of the molecule is COc1ccccc1C1CCCN1CC(=O)Nc1ccc(-n2cnnn2)cc1. The number of ether oxygens (including phenoxy) is 1. The zero-order valence-corrected chi connectivity index (χ0v) is 15.7. The molecule has 1 N–H and O–H groups in total. The third-order valence-electron chi connectivity index (χ3n) is 4.97. The van der Waals surface area contributed by atoms with Crippen molar-refractivity contribution >= 4 is 11.6 Å². The van der Waals surface area contributed by atoms with Crippen LogP contribution < -0.4 is 10.1 Å². The molecule has 8 nitrogen and oxygen atoms in total. The molecule has 2 aromatic carbocycles. The monoisotopic (exact) mass is 378 g/mol. The van der Waals surface area contributed by atoms with E-state index in [1.807, 2.05) is 42.5 Å². The third kappa shape index (κ3) is 3.86. The molecule has 144 valence electrons. The second kappa shape index (κ2) is 8.18. The number of tetrazole rings is 1. The molecule has 2 heterocycles. The molecule has 28 heavy (non-hydrogen) atoms. The van der Waals surface area contributed by atoms with Gasteiger partial charge in [0.05, 0.1) is 19.3 Å². The summed E-state index contributed by atoms with van der Waals surface area (Å²) in [6.07, 6.45) is 3.61. The minimum Gasteiger partial charge on any atom is -0.496 e. The molecule has 8 heteroatoms. The summed E-state index contributed by atoms with van der Waals surface area (Å²) >= 11 is 0. The predicted octanol–water partition coefficient (Wildman–Crippen LogP) is 2.45. The number of carbonyl (C=O) groups excluding carboxylic acids is 1. The van der Waals surface area contributed by atoms with Crippen molar-refractivity contribution in [2.24, 2.45) is 0 Å². The number of likely N-dealkylation sites (tertiary alicyclic amines) is 1. The highest BCUT2D eigenvalue weighted by Gasteiger charge is 2.29. The Balaban J connectivity index is 1.40. The maximum atomic E-state index is 12.6. The number of amides is 1. The molecule has 1 amide bonds. The Morgan fingerprint density at radius 3 is 2.79 bits per heavy atom. The van der Waals surface area contributed by atoms with Crippen LogP contribution in [0.15, 0.2) is 54.9 Å². The van der Waals surface area contributed by atoms with Gasteiger partial charge in [0.25, 0.3) is 0 Å². The van der Waals surface area contributed by atoms with Gasteiger partial charge in [-0.25, -0.2) is 4.68 Å². The number of methoxy groups -OCH3 is 1. The largest absolute Gasteiger partial charge is 0.496 e. The van der Waals surface area contributed by atoms with Crippen LogP contribution in [0.25, 0.3) is 5.69 Å². The van der Waals surface area contributed by atoms with Crippen molar-refractivity contribution in [2.75, 3.05) is 25.5 Å². The van der Waals surface area contributed by atoms with Gasteiger partial charge in [0.15, 0.2) is 0 Å². The number of anilines is 1. The van der Waals surface area contributed by atoms with Crippen LogP contribution in [0.1, 0.15) is 24.4 Å². The lowest BCUT2D eigenvalue weighted by Gasteiger charge is -2.25. The lowest BCUT2D eigenvalue weighted by Crippen LogP contribution is -2.33. The van der Waals surface area contributed by atoms with Crippen molar-refractivity contribution in [2.45, 2.75) is 18.9 Å². The number of hydrogen-bond acceptors (Lipinski definition) is 6. The quantitative estimate of drug-likeness (QED) is 0.709. The van der Waals surface area contributed by atoms with Crippen LogP contribution in [0.2, 0.25) is 0 Å². The Morgan fingerprint density at radius 1 is 1.21 bits per heavy atom. The smallest absolute Gasteiger partial charge is 0.238 e. The first kappa shape index (κ1) is 18.1. The van der Waals surface area contributed by atoms with Crippen molar-refractivity contribution in [3.05, 3.63) is 60.4 Å². The zero-order valence-electron chi connectivity index (χ0n) is 15.7. The van der Waals surface area contributed by atoms with Crippen LogP contribution >= 0.6 is 0 Å². The number of nitrogens with one attached hydrogen (secondary N) is 1. The van der Waals surface area contributed by atoms with Crippen LogP contribution in [-0.2, 0) is 4.79 Å². The van der Waals surface area contributed by atoms with E-state index in [1.165, 1.54) is 6.33 Å². The van der Waals surface area contributed by atoms with Gasteiger partial charge in [-0.1, -0.05) is 18.2 Å². The van der Waals surface area contributed by atoms with Crippen molar-refractivity contribution in [1.29, 1.82) is 0 Å². The summed E-state index contributed by atoms with van der Waals surface area (Å²) in [5.41, 5.74) is 2.72. The van der Waals surface area contributed by atoms with E-state index in [0.717, 1.165) is 42.1 Å². The van der Waals surface area contributed by atoms with Gasteiger partial charge < -0.3 is 10.1 Å². The third-order valence-corrected chi connectivity index (χ3v) is 4.97. The fraction of sp³-hybridized carbons (Fsp3) is 0.300. The Morgan fingerprint density at radius 2 is 2.04 bits per heavy atom. The molecule has 0 radical (unpaired) electrons. The molecule has 1 aliphatic heterocycles. The van der Waals surface area contributed by atoms with E-state index in [2.05, 4.69) is 31.8 Å². The molecule has 1 saturated heterocycles. The predicted molar refractivity (Wildman–Crippen MR) is 104 cm³/mol. The van der Waals surface area contributed by atoms with Gasteiger partial charge in [0.2, 0.25) is 5.91 Å². The van der Waals surface area contributed by atoms with Crippen LogP contribution in [0.4, 0.5) is 5.69 Å². The number of benzene rings is 2. The summed E-state index contributed by atoms with van der Waals surface area (Å²) in [4.78, 5) is 14.8. The van der Waals surface area contributed by atoms with Crippen molar-refractivity contribution < 1.29 is 9.53 Å². The number of hydrogen-bond donors (Lipinski definition) is 1. The van der Waals surface area contributed by atoms with Crippen LogP contribution in [0.5, 0.6) is 5.75 Å². The Labute approximate surface area is 163 Å². The lowest BCUT2D eigenvalue weighted by atomic mass is 10.0. The first-order valence-corrected chi connectivity index (χ1v) is 9.25. The number of para-hydroxylation sites is 1. The maximum absolute atomic E-state index is 12.6. The summed E-state index contributed by atoms with van der Waals surface area (Å²) < 4.78 is 7.07. The van der Waals surface area contributed by atoms with E-state index in [-0.39, 0.29) is 11.9 Å². The summed E-state index contributed by atoms with van der Waals surface area (Å²) in [5.74, 6) is 0.843. The fourth-order valence-corrected chi connectivity index (χ4v) is 3.67. The Kier molecular flexibility index (Phi) is 5.29. The molecule has 1 fully saturated rings. The molecule has 0 bridgehead atoms. The summed E-state index contributed by atoms with van der Waals surface area (Å²) in [6, 6.07) is 15.6. The van der Waals surface area contributed by atoms with Crippen LogP contribution in [0.3, 0.4) is 0 Å². The van der Waals surface area contributed by atoms with Crippen molar-refractivity contribution in [3.8, 4) is 11.4 Å². The standard InChI is InChI=1S/C20H22N6O2/c1-28-19-7-3-2-5-17(19)18-6-4-12-25(18)13-20(27)22-15-8-10-16(11-9-15)26-14-21-23-24-26/h2-3,5,7-11,14,18H,4,6,12-13H2,1H3,(H,22,27). The van der Waals surface area contributed by atoms with E-state index >= 15 is 0 Å². The molecule has 1 atom stereocenters. The van der Waals surface area contributed by atoms with E-state index in [1.54, 1.807) is 11.8 Å². The molecule has 1 unspecified atom stereocenters. The fourth-order valence-electron chi connectivity index (χ4n) is 3.67. The molecule has 0 saturated carbocycles. The van der Waals surface area contributed by atoms with Gasteiger partial charge in [-0.2, -0.15) is 0 Å². The van der Waals surface area contributed by atoms with Gasteiger partial charge >= 0.3 is 0 Å². The first-order valence-electron chi connectivity index (χ1n) is 9.25. The highest BCUT2D eigenvalue weighted by molar-refractivity contribution is 5.92. The topological polar surface area (TPSA) is 85.2 Å². The molecule has 1 aromatic heterocycles. The van der Waals surface area contributed by atoms with Crippen molar-refractivity contribution in [3.63, 3.8) is 0 Å². The molecule has 3 aromatic rings. The Hall–Kier alpha value is -3.26. The average molecular weight is 378 g/mol. The van der Waals surface area contributed by atoms with Crippen LogP contribution in [0, 0.1) is 0 Å². The number of rotatable bonds is 6. The van der Waals surface area contributed by atoms with Crippen molar-refractivity contribution in [1.82, 2.24) is 25.1 Å². The second-order valence-electron chi connectivity index (χ2n) is 6.72. The molecule has 1 aliphatic rings. The number of aromatic nitrogens is 4. The van der Waals surface area contributed by atoms with E-state index < -0.39 is 0 Å². The molecule has 4 rings (SSSR count). The zero-order chi connectivity index (χ0) is 19.3. The second-order valence-corrected chi connectivity index (χ2v) is 6.72.